The maximum Gasteiger partial charge on any atom is 0.146 e. The fraction of sp³-hybridized carbons (Fsp3) is 0.294. The number of rotatable bonds is 3. The zero-order valence-electron chi connectivity index (χ0n) is 11.7. The second-order valence-corrected chi connectivity index (χ2v) is 5.78. The third kappa shape index (κ3) is 2.48. The van der Waals surface area contributed by atoms with Gasteiger partial charge < -0.3 is 10.1 Å². The minimum absolute atomic E-state index is 0.156. The molecule has 0 amide bonds. The Morgan fingerprint density at radius 3 is 2.75 bits per heavy atom. The van der Waals surface area contributed by atoms with Gasteiger partial charge in [0.25, 0.3) is 0 Å². The number of halogens is 1. The Morgan fingerprint density at radius 1 is 1.15 bits per heavy atom. The molecule has 3 rings (SSSR count). The summed E-state index contributed by atoms with van der Waals surface area (Å²) in [6.45, 7) is 4.72. The van der Waals surface area contributed by atoms with Crippen molar-refractivity contribution in [2.75, 3.05) is 5.32 Å². The molecule has 0 radical (unpaired) electrons. The van der Waals surface area contributed by atoms with Crippen LogP contribution in [0.1, 0.15) is 25.0 Å². The fourth-order valence-electron chi connectivity index (χ4n) is 2.61. The molecule has 1 N–H and O–H groups in total. The molecule has 0 saturated heterocycles. The number of fused-ring (bicyclic) bond motifs is 1. The van der Waals surface area contributed by atoms with Gasteiger partial charge in [0, 0.05) is 18.5 Å². The van der Waals surface area contributed by atoms with Gasteiger partial charge in [-0.3, -0.25) is 0 Å². The van der Waals surface area contributed by atoms with E-state index < -0.39 is 0 Å². The highest BCUT2D eigenvalue weighted by molar-refractivity contribution is 5.50. The highest BCUT2D eigenvalue weighted by Crippen LogP contribution is 2.37. The molecule has 1 aliphatic rings. The number of benzene rings is 2. The number of hydrogen-bond acceptors (Lipinski definition) is 2. The van der Waals surface area contributed by atoms with Gasteiger partial charge in [-0.2, -0.15) is 0 Å². The molecule has 0 atom stereocenters. The maximum atomic E-state index is 13.6. The first kappa shape index (κ1) is 13.0. The van der Waals surface area contributed by atoms with Crippen LogP contribution >= 0.6 is 0 Å². The van der Waals surface area contributed by atoms with E-state index in [1.165, 1.54) is 11.6 Å². The fourth-order valence-corrected chi connectivity index (χ4v) is 2.61. The van der Waals surface area contributed by atoms with Gasteiger partial charge in [-0.25, -0.2) is 4.39 Å². The summed E-state index contributed by atoms with van der Waals surface area (Å²) in [6.07, 6.45) is 0.913. The van der Waals surface area contributed by atoms with E-state index in [4.69, 9.17) is 4.74 Å². The predicted octanol–water partition coefficient (Wildman–Crippen LogP) is 4.15. The first-order valence-electron chi connectivity index (χ1n) is 6.83. The van der Waals surface area contributed by atoms with E-state index in [2.05, 4.69) is 25.2 Å². The number of hydrogen-bond donors (Lipinski definition) is 1. The molecule has 0 unspecified atom stereocenters. The normalized spacial score (nSPS) is 15.6. The Morgan fingerprint density at radius 2 is 1.95 bits per heavy atom. The van der Waals surface area contributed by atoms with E-state index in [0.717, 1.165) is 17.7 Å². The van der Waals surface area contributed by atoms with Crippen molar-refractivity contribution in [2.45, 2.75) is 32.4 Å². The molecule has 0 aliphatic carbocycles. The van der Waals surface area contributed by atoms with E-state index in [9.17, 15) is 4.39 Å². The Hall–Kier alpha value is -2.03. The quantitative estimate of drug-likeness (QED) is 0.905. The molecule has 0 saturated carbocycles. The lowest BCUT2D eigenvalue weighted by Gasteiger charge is -2.18. The minimum atomic E-state index is -0.235. The summed E-state index contributed by atoms with van der Waals surface area (Å²) in [6, 6.07) is 12.8. The van der Waals surface area contributed by atoms with Crippen molar-refractivity contribution in [3.63, 3.8) is 0 Å². The van der Waals surface area contributed by atoms with Crippen LogP contribution in [-0.4, -0.2) is 5.60 Å². The van der Waals surface area contributed by atoms with Crippen molar-refractivity contribution in [2.24, 2.45) is 0 Å². The Labute approximate surface area is 118 Å². The van der Waals surface area contributed by atoms with E-state index in [-0.39, 0.29) is 11.4 Å². The minimum Gasteiger partial charge on any atom is -0.487 e. The molecule has 104 valence electrons. The molecule has 20 heavy (non-hydrogen) atoms. The second-order valence-electron chi connectivity index (χ2n) is 5.78. The lowest BCUT2D eigenvalue weighted by Crippen LogP contribution is -2.25. The molecule has 2 aromatic carbocycles. The van der Waals surface area contributed by atoms with Crippen molar-refractivity contribution in [3.8, 4) is 5.75 Å². The van der Waals surface area contributed by atoms with Crippen molar-refractivity contribution in [1.82, 2.24) is 0 Å². The molecule has 0 aromatic heterocycles. The number of para-hydroxylation sites is 2. The highest BCUT2D eigenvalue weighted by Gasteiger charge is 2.31. The van der Waals surface area contributed by atoms with Crippen molar-refractivity contribution in [1.29, 1.82) is 0 Å². The Kier molecular flexibility index (Phi) is 3.13. The lowest BCUT2D eigenvalue weighted by atomic mass is 10.0. The van der Waals surface area contributed by atoms with Gasteiger partial charge in [0.05, 0.1) is 5.69 Å². The maximum absolute atomic E-state index is 13.6. The van der Waals surface area contributed by atoms with Crippen LogP contribution in [0.4, 0.5) is 10.1 Å². The van der Waals surface area contributed by atoms with Crippen molar-refractivity contribution in [3.05, 3.63) is 59.4 Å². The number of nitrogens with one attached hydrogen (secondary N) is 1. The van der Waals surface area contributed by atoms with E-state index in [1.54, 1.807) is 12.1 Å². The summed E-state index contributed by atoms with van der Waals surface area (Å²) < 4.78 is 19.6. The van der Waals surface area contributed by atoms with Gasteiger partial charge in [0.15, 0.2) is 0 Å². The van der Waals surface area contributed by atoms with E-state index >= 15 is 0 Å². The van der Waals surface area contributed by atoms with Gasteiger partial charge in [0.2, 0.25) is 0 Å². The third-order valence-electron chi connectivity index (χ3n) is 3.52. The predicted molar refractivity (Wildman–Crippen MR) is 78.6 cm³/mol. The molecule has 2 nitrogen and oxygen atoms in total. The van der Waals surface area contributed by atoms with Gasteiger partial charge >= 0.3 is 0 Å². The third-order valence-corrected chi connectivity index (χ3v) is 3.52. The molecule has 1 aliphatic heterocycles. The second kappa shape index (κ2) is 4.82. The summed E-state index contributed by atoms with van der Waals surface area (Å²) >= 11 is 0. The molecule has 0 fully saturated rings. The summed E-state index contributed by atoms with van der Waals surface area (Å²) in [4.78, 5) is 0. The van der Waals surface area contributed by atoms with Crippen LogP contribution in [0.5, 0.6) is 5.75 Å². The SMILES string of the molecule is CC1(C)Cc2cccc(CNc3ccccc3F)c2O1. The van der Waals surface area contributed by atoms with Crippen molar-refractivity contribution < 1.29 is 9.13 Å². The first-order chi connectivity index (χ1) is 9.55. The van der Waals surface area contributed by atoms with Crippen LogP contribution in [0.2, 0.25) is 0 Å². The zero-order chi connectivity index (χ0) is 14.2. The zero-order valence-corrected chi connectivity index (χ0v) is 11.7. The number of ether oxygens (including phenoxy) is 1. The van der Waals surface area contributed by atoms with Gasteiger partial charge in [0.1, 0.15) is 17.2 Å². The van der Waals surface area contributed by atoms with Crippen LogP contribution in [0.3, 0.4) is 0 Å². The Bertz CT molecular complexity index is 637. The summed E-state index contributed by atoms with van der Waals surface area (Å²) in [5.74, 6) is 0.711. The molecule has 3 heteroatoms. The molecule has 1 heterocycles. The van der Waals surface area contributed by atoms with Crippen LogP contribution < -0.4 is 10.1 Å². The van der Waals surface area contributed by atoms with Crippen molar-refractivity contribution >= 4 is 5.69 Å². The monoisotopic (exact) mass is 271 g/mol. The Balaban J connectivity index is 1.80. The average Bonchev–Trinajstić information content (AvgIpc) is 2.72. The van der Waals surface area contributed by atoms with Crippen LogP contribution in [0.25, 0.3) is 0 Å². The van der Waals surface area contributed by atoms with Gasteiger partial charge in [-0.05, 0) is 31.5 Å². The summed E-state index contributed by atoms with van der Waals surface area (Å²) in [5, 5.41) is 3.13. The highest BCUT2D eigenvalue weighted by atomic mass is 19.1. The van der Waals surface area contributed by atoms with Crippen LogP contribution in [-0.2, 0) is 13.0 Å². The summed E-state index contributed by atoms with van der Waals surface area (Å²) in [5.41, 5.74) is 2.65. The molecule has 0 bridgehead atoms. The topological polar surface area (TPSA) is 21.3 Å². The van der Waals surface area contributed by atoms with E-state index in [0.29, 0.717) is 12.2 Å². The molecular formula is C17H18FNO. The molecular weight excluding hydrogens is 253 g/mol. The van der Waals surface area contributed by atoms with E-state index in [1.807, 2.05) is 18.2 Å². The molecule has 0 spiro atoms. The van der Waals surface area contributed by atoms with Gasteiger partial charge in [-0.1, -0.05) is 30.3 Å². The smallest absolute Gasteiger partial charge is 0.146 e. The van der Waals surface area contributed by atoms with Gasteiger partial charge in [-0.15, -0.1) is 0 Å². The largest absolute Gasteiger partial charge is 0.487 e. The number of anilines is 1. The standard InChI is InChI=1S/C17H18FNO/c1-17(2)10-12-6-5-7-13(16(12)20-17)11-19-15-9-4-3-8-14(15)18/h3-9,19H,10-11H2,1-2H3. The average molecular weight is 271 g/mol. The van der Waals surface area contributed by atoms with Crippen LogP contribution in [0.15, 0.2) is 42.5 Å². The van der Waals surface area contributed by atoms with Crippen LogP contribution in [0, 0.1) is 5.82 Å². The lowest BCUT2D eigenvalue weighted by molar-refractivity contribution is 0.137. The molecule has 2 aromatic rings. The first-order valence-corrected chi connectivity index (χ1v) is 6.83. The summed E-state index contributed by atoms with van der Waals surface area (Å²) in [7, 11) is 0.